The van der Waals surface area contributed by atoms with E-state index in [2.05, 4.69) is 4.74 Å². The lowest BCUT2D eigenvalue weighted by Crippen LogP contribution is -2.23. The number of hydrogen-bond acceptors (Lipinski definition) is 6. The topological polar surface area (TPSA) is 93.1 Å². The van der Waals surface area contributed by atoms with Crippen LogP contribution >= 0.6 is 0 Å². The van der Waals surface area contributed by atoms with Crippen LogP contribution in [-0.2, 0) is 9.53 Å². The Hall–Kier alpha value is -1.92. The van der Waals surface area contributed by atoms with Gasteiger partial charge in [-0.05, 0) is 18.2 Å². The lowest BCUT2D eigenvalue weighted by atomic mass is 9.99. The first-order valence-electron chi connectivity index (χ1n) is 5.59. The molecule has 0 aliphatic heterocycles. The highest BCUT2D eigenvalue weighted by Crippen LogP contribution is 2.29. The molecule has 104 valence electrons. The smallest absolute Gasteiger partial charge is 0.308 e. The van der Waals surface area contributed by atoms with E-state index in [0.29, 0.717) is 17.6 Å². The molecule has 1 rings (SSSR count). The van der Waals surface area contributed by atoms with Crippen molar-refractivity contribution in [3.63, 3.8) is 0 Å². The zero-order valence-corrected chi connectivity index (χ0v) is 10.7. The van der Waals surface area contributed by atoms with Crippen molar-refractivity contribution in [1.82, 2.24) is 0 Å². The molecule has 0 saturated heterocycles. The predicted molar refractivity (Wildman–Crippen MR) is 66.0 cm³/mol. The number of aldehydes is 1. The van der Waals surface area contributed by atoms with Gasteiger partial charge in [-0.25, -0.2) is 0 Å². The molecule has 0 aromatic heterocycles. The van der Waals surface area contributed by atoms with E-state index in [4.69, 9.17) is 4.74 Å². The Kier molecular flexibility index (Phi) is 5.47. The van der Waals surface area contributed by atoms with Gasteiger partial charge in [0.05, 0.1) is 26.7 Å². The van der Waals surface area contributed by atoms with Crippen molar-refractivity contribution in [2.45, 2.75) is 18.6 Å². The highest BCUT2D eigenvalue weighted by molar-refractivity contribution is 5.76. The number of aliphatic hydroxyl groups excluding tert-OH is 2. The molecule has 2 unspecified atom stereocenters. The maximum absolute atomic E-state index is 11.1. The van der Waals surface area contributed by atoms with Crippen LogP contribution in [0.3, 0.4) is 0 Å². The van der Waals surface area contributed by atoms with Gasteiger partial charge in [0, 0.05) is 11.1 Å². The minimum absolute atomic E-state index is 0.239. The SMILES string of the molecule is COC(=O)CC(O)C(O)c1cc(C=O)ccc1OC. The summed E-state index contributed by atoms with van der Waals surface area (Å²) in [7, 11) is 2.59. The van der Waals surface area contributed by atoms with Crippen LogP contribution in [0.1, 0.15) is 28.4 Å². The molecule has 1 aromatic carbocycles. The lowest BCUT2D eigenvalue weighted by molar-refractivity contribution is -0.144. The van der Waals surface area contributed by atoms with E-state index in [1.165, 1.54) is 32.4 Å². The van der Waals surface area contributed by atoms with Crippen molar-refractivity contribution >= 4 is 12.3 Å². The molecule has 0 radical (unpaired) electrons. The number of hydrogen-bond donors (Lipinski definition) is 2. The summed E-state index contributed by atoms with van der Waals surface area (Å²) in [6.07, 6.45) is -2.44. The number of rotatable bonds is 6. The first-order valence-corrected chi connectivity index (χ1v) is 5.59. The van der Waals surface area contributed by atoms with Gasteiger partial charge in [-0.15, -0.1) is 0 Å². The van der Waals surface area contributed by atoms with E-state index in [0.717, 1.165) is 0 Å². The molecule has 6 nitrogen and oxygen atoms in total. The predicted octanol–water partition coefficient (Wildman–Crippen LogP) is 0.465. The third-order valence-corrected chi connectivity index (χ3v) is 2.68. The Bertz CT molecular complexity index is 456. The zero-order valence-electron chi connectivity index (χ0n) is 10.7. The Morgan fingerprint density at radius 2 is 2.05 bits per heavy atom. The number of esters is 1. The van der Waals surface area contributed by atoms with E-state index >= 15 is 0 Å². The summed E-state index contributed by atoms with van der Waals surface area (Å²) in [6.45, 7) is 0. The summed E-state index contributed by atoms with van der Waals surface area (Å²) in [5.41, 5.74) is 0.573. The maximum atomic E-state index is 11.1. The molecule has 0 saturated carbocycles. The Labute approximate surface area is 110 Å². The van der Waals surface area contributed by atoms with Gasteiger partial charge in [0.2, 0.25) is 0 Å². The van der Waals surface area contributed by atoms with Crippen molar-refractivity contribution in [1.29, 1.82) is 0 Å². The van der Waals surface area contributed by atoms with Gasteiger partial charge in [0.15, 0.2) is 0 Å². The Morgan fingerprint density at radius 1 is 1.37 bits per heavy atom. The summed E-state index contributed by atoms with van der Waals surface area (Å²) in [5, 5.41) is 19.8. The monoisotopic (exact) mass is 268 g/mol. The Morgan fingerprint density at radius 3 is 2.58 bits per heavy atom. The van der Waals surface area contributed by atoms with Crippen LogP contribution in [0.25, 0.3) is 0 Å². The highest BCUT2D eigenvalue weighted by Gasteiger charge is 2.24. The normalized spacial score (nSPS) is 13.5. The molecular weight excluding hydrogens is 252 g/mol. The van der Waals surface area contributed by atoms with Crippen LogP contribution < -0.4 is 4.74 Å². The number of ether oxygens (including phenoxy) is 2. The van der Waals surface area contributed by atoms with Gasteiger partial charge in [-0.1, -0.05) is 0 Å². The summed E-state index contributed by atoms with van der Waals surface area (Å²) >= 11 is 0. The number of carbonyl (C=O) groups excluding carboxylic acids is 2. The third-order valence-electron chi connectivity index (χ3n) is 2.68. The van der Waals surface area contributed by atoms with Gasteiger partial charge in [-0.2, -0.15) is 0 Å². The van der Waals surface area contributed by atoms with Gasteiger partial charge in [0.25, 0.3) is 0 Å². The number of aliphatic hydroxyl groups is 2. The second kappa shape index (κ2) is 6.86. The van der Waals surface area contributed by atoms with Crippen LogP contribution in [0.5, 0.6) is 5.75 Å². The van der Waals surface area contributed by atoms with E-state index in [9.17, 15) is 19.8 Å². The molecule has 0 fully saturated rings. The number of benzene rings is 1. The number of carbonyl (C=O) groups is 2. The second-order valence-electron chi connectivity index (χ2n) is 3.91. The number of methoxy groups -OCH3 is 2. The van der Waals surface area contributed by atoms with E-state index in [-0.39, 0.29) is 12.0 Å². The molecule has 2 N–H and O–H groups in total. The van der Waals surface area contributed by atoms with E-state index in [1.54, 1.807) is 0 Å². The van der Waals surface area contributed by atoms with Crippen LogP contribution in [-0.4, -0.2) is 42.8 Å². The summed E-state index contributed by atoms with van der Waals surface area (Å²) < 4.78 is 9.46. The fourth-order valence-corrected chi connectivity index (χ4v) is 1.63. The van der Waals surface area contributed by atoms with Crippen molar-refractivity contribution in [2.75, 3.05) is 14.2 Å². The molecule has 19 heavy (non-hydrogen) atoms. The standard InChI is InChI=1S/C13H16O6/c1-18-11-4-3-8(7-14)5-9(11)13(17)10(15)6-12(16)19-2/h3-5,7,10,13,15,17H,6H2,1-2H3. The molecule has 0 spiro atoms. The van der Waals surface area contributed by atoms with Crippen molar-refractivity contribution < 1.29 is 29.3 Å². The minimum Gasteiger partial charge on any atom is -0.496 e. The van der Waals surface area contributed by atoms with Gasteiger partial charge >= 0.3 is 5.97 Å². The third kappa shape index (κ3) is 3.77. The summed E-state index contributed by atoms with van der Waals surface area (Å²) in [4.78, 5) is 21.8. The van der Waals surface area contributed by atoms with Crippen LogP contribution in [0, 0.1) is 0 Å². The largest absolute Gasteiger partial charge is 0.496 e. The second-order valence-corrected chi connectivity index (χ2v) is 3.91. The molecule has 0 heterocycles. The molecule has 0 amide bonds. The van der Waals surface area contributed by atoms with Gasteiger partial charge in [0.1, 0.15) is 18.1 Å². The first kappa shape index (κ1) is 15.1. The van der Waals surface area contributed by atoms with Gasteiger partial charge < -0.3 is 19.7 Å². The molecule has 0 aliphatic rings. The van der Waals surface area contributed by atoms with E-state index in [1.807, 2.05) is 0 Å². The quantitative estimate of drug-likeness (QED) is 0.575. The molecule has 1 aromatic rings. The fraction of sp³-hybridized carbons (Fsp3) is 0.385. The van der Waals surface area contributed by atoms with Crippen molar-refractivity contribution in [3.05, 3.63) is 29.3 Å². The van der Waals surface area contributed by atoms with E-state index < -0.39 is 18.2 Å². The molecule has 6 heteroatoms. The first-order chi connectivity index (χ1) is 9.03. The van der Waals surface area contributed by atoms with Crippen LogP contribution in [0.4, 0.5) is 0 Å². The van der Waals surface area contributed by atoms with Crippen LogP contribution in [0.2, 0.25) is 0 Å². The fourth-order valence-electron chi connectivity index (χ4n) is 1.63. The lowest BCUT2D eigenvalue weighted by Gasteiger charge is -2.19. The molecule has 2 atom stereocenters. The van der Waals surface area contributed by atoms with Gasteiger partial charge in [-0.3, -0.25) is 9.59 Å². The molecular formula is C13H16O6. The average Bonchev–Trinajstić information content (AvgIpc) is 2.45. The van der Waals surface area contributed by atoms with Crippen LogP contribution in [0.15, 0.2) is 18.2 Å². The average molecular weight is 268 g/mol. The zero-order chi connectivity index (χ0) is 14.4. The van der Waals surface area contributed by atoms with Crippen molar-refractivity contribution in [2.24, 2.45) is 0 Å². The Balaban J connectivity index is 2.99. The summed E-state index contributed by atoms with van der Waals surface area (Å²) in [6, 6.07) is 4.43. The molecule has 0 aliphatic carbocycles. The molecule has 0 bridgehead atoms. The van der Waals surface area contributed by atoms with Crippen molar-refractivity contribution in [3.8, 4) is 5.75 Å². The maximum Gasteiger partial charge on any atom is 0.308 e. The summed E-state index contributed by atoms with van der Waals surface area (Å²) in [5.74, 6) is -0.320. The minimum atomic E-state index is -1.35. The highest BCUT2D eigenvalue weighted by atomic mass is 16.5.